The van der Waals surface area contributed by atoms with Gasteiger partial charge in [0.1, 0.15) is 27.5 Å². The largest absolute Gasteiger partial charge is 0.494 e. The fourth-order valence-electron chi connectivity index (χ4n) is 11.6. The smallest absolute Gasteiger partial charge is 0.456 e. The van der Waals surface area contributed by atoms with Crippen LogP contribution in [0.2, 0.25) is 5.15 Å². The van der Waals surface area contributed by atoms with Gasteiger partial charge >= 0.3 is 14.2 Å². The second kappa shape index (κ2) is 21.3. The lowest BCUT2D eigenvalue weighted by Gasteiger charge is -2.32. The van der Waals surface area contributed by atoms with Crippen LogP contribution in [0.4, 0.5) is 0 Å². The van der Waals surface area contributed by atoms with E-state index in [4.69, 9.17) is 49.0 Å². The van der Waals surface area contributed by atoms with Crippen molar-refractivity contribution < 1.29 is 27.5 Å². The van der Waals surface area contributed by atoms with Gasteiger partial charge in [-0.2, -0.15) is 0 Å². The predicted octanol–water partition coefficient (Wildman–Crippen LogP) is 17.4. The zero-order valence-corrected chi connectivity index (χ0v) is 50.0. The van der Waals surface area contributed by atoms with Gasteiger partial charge in [-0.25, -0.2) is 15.0 Å². The number of furan rings is 2. The van der Waals surface area contributed by atoms with E-state index in [1.54, 1.807) is 12.3 Å². The third kappa shape index (κ3) is 9.85. The number of aromatic nitrogens is 6. The molecule has 0 spiro atoms. The molecule has 0 radical (unpaired) electrons. The number of nitrogens with zero attached hydrogens (tertiary/aromatic N) is 6. The van der Waals surface area contributed by atoms with Crippen LogP contribution < -0.4 is 10.9 Å². The van der Waals surface area contributed by atoms with E-state index in [-0.39, 0.29) is 29.8 Å². The van der Waals surface area contributed by atoms with E-state index in [1.807, 2.05) is 91.3 Å². The second-order valence-electron chi connectivity index (χ2n) is 24.5. The Kier molecular flexibility index (Phi) is 13.7. The first kappa shape index (κ1) is 56.7. The van der Waals surface area contributed by atoms with Gasteiger partial charge in [0.25, 0.3) is 0 Å². The molecule has 2 saturated heterocycles. The number of fused-ring (bicyclic) bond motifs is 15. The summed E-state index contributed by atoms with van der Waals surface area (Å²) in [6.07, 6.45) is 5.41. The summed E-state index contributed by atoms with van der Waals surface area (Å²) in [7, 11) is -0.823. The van der Waals surface area contributed by atoms with Crippen molar-refractivity contribution in [3.8, 4) is 22.5 Å². The fraction of sp³-hybridized carbons (Fsp3) is 0.178. The van der Waals surface area contributed by atoms with Crippen LogP contribution in [0.1, 0.15) is 62.8 Å². The number of pyridine rings is 6. The highest BCUT2D eigenvalue weighted by molar-refractivity contribution is 6.63. The molecule has 88 heavy (non-hydrogen) atoms. The topological polar surface area (TPSA) is 141 Å². The maximum absolute atomic E-state index is 6.25. The average molecular weight is 1180 g/mol. The predicted molar refractivity (Wildman–Crippen MR) is 360 cm³/mol. The first-order chi connectivity index (χ1) is 41.9. The molecule has 0 N–H and O–H groups in total. The average Bonchev–Trinajstić information content (AvgIpc) is 1.65. The van der Waals surface area contributed by atoms with Crippen molar-refractivity contribution in [3.05, 3.63) is 206 Å². The van der Waals surface area contributed by atoms with Gasteiger partial charge < -0.3 is 27.5 Å². The minimum atomic E-state index is -0.411. The molecule has 432 valence electrons. The molecular formula is C73H61B2ClN6O6. The monoisotopic (exact) mass is 1170 g/mol. The minimum Gasteiger partial charge on any atom is -0.456 e. The Bertz CT molecular complexity index is 4980. The number of benzene rings is 7. The van der Waals surface area contributed by atoms with Gasteiger partial charge in [0, 0.05) is 83.6 Å². The van der Waals surface area contributed by atoms with E-state index >= 15 is 0 Å². The molecule has 2 fully saturated rings. The summed E-state index contributed by atoms with van der Waals surface area (Å²) >= 11 is 5.88. The van der Waals surface area contributed by atoms with Crippen LogP contribution >= 0.6 is 11.6 Å². The Balaban J connectivity index is 0.000000127. The van der Waals surface area contributed by atoms with E-state index in [9.17, 15) is 0 Å². The summed E-state index contributed by atoms with van der Waals surface area (Å²) in [5, 5.41) is 11.1. The van der Waals surface area contributed by atoms with Crippen LogP contribution in [0.3, 0.4) is 0 Å². The van der Waals surface area contributed by atoms with Crippen LogP contribution in [-0.2, 0) is 18.6 Å². The van der Waals surface area contributed by atoms with Gasteiger partial charge in [0.2, 0.25) is 0 Å². The maximum atomic E-state index is 6.25. The Morgan fingerprint density at radius 1 is 0.330 bits per heavy atom. The molecule has 7 aromatic carbocycles. The SMILES string of the molecule is C.CC1(C)OB(c2ccc3oc4ccc(B5OC(C)(C)C(C)(C)O5)cc4c3c2)OC1(C)C.Clc1ccc2ccc3cccnc3c2n1.c1cnc2c(c1)ccc1ccc(-c3ccc4oc5ccc(-c6ccc7ccc8cccnc8c7n6)cc5c4c3)nc12. The summed E-state index contributed by atoms with van der Waals surface area (Å²) in [5.74, 6) is 0. The first-order valence-corrected chi connectivity index (χ1v) is 29.5. The molecule has 2 aliphatic heterocycles. The van der Waals surface area contributed by atoms with E-state index in [2.05, 4.69) is 172 Å². The zero-order valence-electron chi connectivity index (χ0n) is 49.2. The van der Waals surface area contributed by atoms with Crippen molar-refractivity contribution in [2.24, 2.45) is 0 Å². The summed E-state index contributed by atoms with van der Waals surface area (Å²) in [4.78, 5) is 28.0. The van der Waals surface area contributed by atoms with Gasteiger partial charge in [-0.3, -0.25) is 15.0 Å². The fourth-order valence-corrected chi connectivity index (χ4v) is 11.8. The normalized spacial score (nSPS) is 15.8. The zero-order chi connectivity index (χ0) is 59.6. The van der Waals surface area contributed by atoms with E-state index < -0.39 is 14.2 Å². The molecule has 15 aromatic rings. The molecule has 0 amide bonds. The highest BCUT2D eigenvalue weighted by atomic mass is 35.5. The summed E-state index contributed by atoms with van der Waals surface area (Å²) < 4.78 is 37.3. The number of hydrogen-bond donors (Lipinski definition) is 0. The van der Waals surface area contributed by atoms with Crippen LogP contribution in [0, 0.1) is 0 Å². The van der Waals surface area contributed by atoms with Crippen molar-refractivity contribution in [2.45, 2.75) is 85.2 Å². The molecule has 15 heteroatoms. The van der Waals surface area contributed by atoms with Gasteiger partial charge in [-0.1, -0.05) is 110 Å². The molecule has 10 heterocycles. The molecule has 2 aliphatic rings. The highest BCUT2D eigenvalue weighted by Crippen LogP contribution is 2.40. The molecule has 8 aromatic heterocycles. The lowest BCUT2D eigenvalue weighted by atomic mass is 9.77. The number of hydrogen-bond acceptors (Lipinski definition) is 12. The Labute approximate surface area is 514 Å². The van der Waals surface area contributed by atoms with Gasteiger partial charge in [-0.05, 0) is 157 Å². The number of rotatable bonds is 4. The van der Waals surface area contributed by atoms with Crippen LogP contribution in [-0.4, -0.2) is 66.5 Å². The van der Waals surface area contributed by atoms with E-state index in [0.717, 1.165) is 143 Å². The standard InChI is InChI=1S/C36H20N4O.C24H30B2O5.C12H7ClN2.CH4/c1-3-21-5-7-23-9-13-29(39-35(23)33(21)37-17-1)25-11-15-31-27(19-25)28-20-26(12-16-32(28)41-31)30-14-10-24-8-6-22-4-2-18-38-34(22)36(24)40-30;1-21(2)22(3,4)29-25(28-21)15-9-11-19-17(13-15)18-14-16(10-12-20(18)27-19)26-30-23(5,6)24(7,8)31-26;13-10-6-5-9-4-3-8-2-1-7-14-11(8)12(9)15-10;/h1-20H;9-14H,1-8H3;1-7H;1H4. The second-order valence-corrected chi connectivity index (χ2v) is 24.9. The lowest BCUT2D eigenvalue weighted by Crippen LogP contribution is -2.41. The van der Waals surface area contributed by atoms with Crippen molar-refractivity contribution >= 4 is 146 Å². The van der Waals surface area contributed by atoms with Crippen molar-refractivity contribution in [1.29, 1.82) is 0 Å². The van der Waals surface area contributed by atoms with Crippen LogP contribution in [0.15, 0.2) is 209 Å². The van der Waals surface area contributed by atoms with Gasteiger partial charge in [0.15, 0.2) is 0 Å². The third-order valence-corrected chi connectivity index (χ3v) is 18.1. The highest BCUT2D eigenvalue weighted by Gasteiger charge is 2.53. The molecule has 0 aliphatic carbocycles. The summed E-state index contributed by atoms with van der Waals surface area (Å²) in [6, 6.07) is 61.3. The molecule has 0 atom stereocenters. The Hall–Kier alpha value is -9.14. The van der Waals surface area contributed by atoms with E-state index in [0.29, 0.717) is 5.15 Å². The Morgan fingerprint density at radius 3 is 1.01 bits per heavy atom. The Morgan fingerprint density at radius 2 is 0.636 bits per heavy atom. The summed E-state index contributed by atoms with van der Waals surface area (Å²) in [6.45, 7) is 16.5. The van der Waals surface area contributed by atoms with Gasteiger partial charge in [0.05, 0.1) is 66.9 Å². The summed E-state index contributed by atoms with van der Waals surface area (Å²) in [5.41, 5.74) is 13.1. The van der Waals surface area contributed by atoms with Crippen LogP contribution in [0.5, 0.6) is 0 Å². The lowest BCUT2D eigenvalue weighted by molar-refractivity contribution is 0.00578. The van der Waals surface area contributed by atoms with Crippen molar-refractivity contribution in [1.82, 2.24) is 29.9 Å². The van der Waals surface area contributed by atoms with E-state index in [1.165, 1.54) is 0 Å². The van der Waals surface area contributed by atoms with Gasteiger partial charge in [-0.15, -0.1) is 0 Å². The molecular weight excluding hydrogens is 1110 g/mol. The van der Waals surface area contributed by atoms with Crippen molar-refractivity contribution in [2.75, 3.05) is 0 Å². The molecule has 12 nitrogen and oxygen atoms in total. The molecule has 0 saturated carbocycles. The molecule has 17 rings (SSSR count). The quantitative estimate of drug-likeness (QED) is 0.0941. The maximum Gasteiger partial charge on any atom is 0.494 e. The van der Waals surface area contributed by atoms with Crippen LogP contribution in [0.25, 0.3) is 132 Å². The molecule has 0 unspecified atom stereocenters. The minimum absolute atomic E-state index is 0. The number of halogens is 1. The van der Waals surface area contributed by atoms with Crippen molar-refractivity contribution in [3.63, 3.8) is 0 Å². The first-order valence-electron chi connectivity index (χ1n) is 29.2. The molecule has 0 bridgehead atoms. The third-order valence-electron chi connectivity index (χ3n) is 17.9.